The fourth-order valence-corrected chi connectivity index (χ4v) is 1.70. The second-order valence-corrected chi connectivity index (χ2v) is 5.06. The number of rotatable bonds is 7. The van der Waals surface area contributed by atoms with Gasteiger partial charge in [0.15, 0.2) is 0 Å². The maximum absolute atomic E-state index is 11.1. The van der Waals surface area contributed by atoms with Crippen LogP contribution in [0.3, 0.4) is 0 Å². The van der Waals surface area contributed by atoms with Crippen LogP contribution in [0.25, 0.3) is 0 Å². The van der Waals surface area contributed by atoms with Crippen LogP contribution in [0.5, 0.6) is 0 Å². The highest BCUT2D eigenvalue weighted by Crippen LogP contribution is 2.19. The van der Waals surface area contributed by atoms with Crippen molar-refractivity contribution in [3.05, 3.63) is 23.3 Å². The van der Waals surface area contributed by atoms with Crippen LogP contribution in [-0.2, 0) is 9.59 Å². The first-order valence-electron chi connectivity index (χ1n) is 6.07. The molecule has 0 aromatic heterocycles. The lowest BCUT2D eigenvalue weighted by atomic mass is 9.97. The van der Waals surface area contributed by atoms with Crippen LogP contribution in [0, 0.1) is 11.8 Å². The van der Waals surface area contributed by atoms with Gasteiger partial charge in [-0.3, -0.25) is 4.79 Å². The molecule has 0 heterocycles. The van der Waals surface area contributed by atoms with Gasteiger partial charge in [0.05, 0.1) is 6.42 Å². The molecule has 0 spiro atoms. The van der Waals surface area contributed by atoms with Gasteiger partial charge in [0.25, 0.3) is 0 Å². The molecule has 0 fully saturated rings. The largest absolute Gasteiger partial charge is 0.481 e. The molecule has 102 valence electrons. The maximum atomic E-state index is 11.1. The van der Waals surface area contributed by atoms with E-state index in [-0.39, 0.29) is 30.3 Å². The monoisotopic (exact) mass is 254 g/mol. The number of hydrogen-bond acceptors (Lipinski definition) is 2. The summed E-state index contributed by atoms with van der Waals surface area (Å²) in [5.41, 5.74) is 0.907. The van der Waals surface area contributed by atoms with Gasteiger partial charge in [0.1, 0.15) is 0 Å². The standard InChI is InChI=1S/C14H22O4/c1-9(2)5-11(8-13(15)16)7-12(14(17)18)6-10(3)4/h5-6,9-10H,7-8H2,1-4H3,(H,15,16)(H,17,18). The van der Waals surface area contributed by atoms with E-state index in [1.54, 1.807) is 6.08 Å². The van der Waals surface area contributed by atoms with Crippen molar-refractivity contribution in [1.82, 2.24) is 0 Å². The lowest BCUT2D eigenvalue weighted by Gasteiger charge is -2.09. The van der Waals surface area contributed by atoms with Gasteiger partial charge in [-0.1, -0.05) is 45.4 Å². The van der Waals surface area contributed by atoms with Crippen molar-refractivity contribution in [3.8, 4) is 0 Å². The van der Waals surface area contributed by atoms with Crippen LogP contribution in [-0.4, -0.2) is 22.2 Å². The molecular weight excluding hydrogens is 232 g/mol. The Morgan fingerprint density at radius 1 is 0.944 bits per heavy atom. The van der Waals surface area contributed by atoms with Gasteiger partial charge in [-0.15, -0.1) is 0 Å². The summed E-state index contributed by atoms with van der Waals surface area (Å²) >= 11 is 0. The van der Waals surface area contributed by atoms with Crippen LogP contribution in [0.4, 0.5) is 0 Å². The number of allylic oxidation sites excluding steroid dienone is 2. The summed E-state index contributed by atoms with van der Waals surface area (Å²) in [7, 11) is 0. The van der Waals surface area contributed by atoms with E-state index in [2.05, 4.69) is 0 Å². The summed E-state index contributed by atoms with van der Waals surface area (Å²) in [6, 6.07) is 0. The summed E-state index contributed by atoms with van der Waals surface area (Å²) in [6.45, 7) is 7.67. The minimum atomic E-state index is -0.983. The molecule has 0 bridgehead atoms. The molecule has 0 rings (SSSR count). The molecule has 0 aliphatic rings. The summed E-state index contributed by atoms with van der Waals surface area (Å²) < 4.78 is 0. The molecule has 4 nitrogen and oxygen atoms in total. The minimum absolute atomic E-state index is 0.110. The summed E-state index contributed by atoms with van der Waals surface area (Å²) in [5.74, 6) is -1.59. The van der Waals surface area contributed by atoms with E-state index in [4.69, 9.17) is 10.2 Å². The Hall–Kier alpha value is -1.58. The van der Waals surface area contributed by atoms with Gasteiger partial charge in [-0.2, -0.15) is 0 Å². The van der Waals surface area contributed by atoms with Crippen LogP contribution in [0.1, 0.15) is 40.5 Å². The molecule has 0 aromatic rings. The normalized spacial score (nSPS) is 13.2. The minimum Gasteiger partial charge on any atom is -0.481 e. The zero-order valence-electron chi connectivity index (χ0n) is 11.4. The van der Waals surface area contributed by atoms with Crippen molar-refractivity contribution in [2.75, 3.05) is 0 Å². The fourth-order valence-electron chi connectivity index (χ4n) is 1.70. The molecule has 0 radical (unpaired) electrons. The molecule has 4 heteroatoms. The van der Waals surface area contributed by atoms with E-state index in [1.807, 2.05) is 33.8 Å². The second kappa shape index (κ2) is 7.69. The van der Waals surface area contributed by atoms with Gasteiger partial charge in [0.2, 0.25) is 0 Å². The highest BCUT2D eigenvalue weighted by atomic mass is 16.4. The zero-order valence-corrected chi connectivity index (χ0v) is 11.4. The quantitative estimate of drug-likeness (QED) is 0.540. The Morgan fingerprint density at radius 2 is 1.44 bits per heavy atom. The molecule has 18 heavy (non-hydrogen) atoms. The average Bonchev–Trinajstić information content (AvgIpc) is 2.13. The number of carbonyl (C=O) groups is 2. The molecule has 0 unspecified atom stereocenters. The lowest BCUT2D eigenvalue weighted by Crippen LogP contribution is -2.07. The smallest absolute Gasteiger partial charge is 0.331 e. The Labute approximate surface area is 108 Å². The zero-order chi connectivity index (χ0) is 14.3. The number of aliphatic carboxylic acids is 2. The van der Waals surface area contributed by atoms with Gasteiger partial charge in [-0.05, 0) is 11.8 Å². The van der Waals surface area contributed by atoms with Crippen molar-refractivity contribution in [1.29, 1.82) is 0 Å². The Kier molecular flexibility index (Phi) is 7.01. The first kappa shape index (κ1) is 16.4. The van der Waals surface area contributed by atoms with Crippen molar-refractivity contribution in [3.63, 3.8) is 0 Å². The van der Waals surface area contributed by atoms with E-state index >= 15 is 0 Å². The van der Waals surface area contributed by atoms with Crippen molar-refractivity contribution in [2.45, 2.75) is 40.5 Å². The topological polar surface area (TPSA) is 74.6 Å². The third kappa shape index (κ3) is 7.65. The van der Waals surface area contributed by atoms with Crippen molar-refractivity contribution < 1.29 is 19.8 Å². The highest BCUT2D eigenvalue weighted by Gasteiger charge is 2.13. The van der Waals surface area contributed by atoms with E-state index in [1.165, 1.54) is 0 Å². The van der Waals surface area contributed by atoms with Crippen LogP contribution in [0.2, 0.25) is 0 Å². The predicted octanol–water partition coefficient (Wildman–Crippen LogP) is 3.10. The summed E-state index contributed by atoms with van der Waals surface area (Å²) in [6.07, 6.45) is 3.57. The third-order valence-electron chi connectivity index (χ3n) is 2.17. The van der Waals surface area contributed by atoms with Crippen molar-refractivity contribution >= 4 is 11.9 Å². The van der Waals surface area contributed by atoms with E-state index in [9.17, 15) is 9.59 Å². The second-order valence-electron chi connectivity index (χ2n) is 5.06. The molecule has 0 amide bonds. The Morgan fingerprint density at radius 3 is 1.78 bits per heavy atom. The average molecular weight is 254 g/mol. The number of carboxylic acid groups (broad SMARTS) is 2. The predicted molar refractivity (Wildman–Crippen MR) is 70.3 cm³/mol. The van der Waals surface area contributed by atoms with Gasteiger partial charge in [-0.25, -0.2) is 4.79 Å². The third-order valence-corrected chi connectivity index (χ3v) is 2.17. The van der Waals surface area contributed by atoms with Crippen LogP contribution in [0.15, 0.2) is 23.3 Å². The lowest BCUT2D eigenvalue weighted by molar-refractivity contribution is -0.136. The van der Waals surface area contributed by atoms with E-state index in [0.29, 0.717) is 5.57 Å². The number of carboxylic acids is 2. The first-order valence-corrected chi connectivity index (χ1v) is 6.07. The Balaban J connectivity index is 5.04. The molecule has 0 aromatic carbocycles. The van der Waals surface area contributed by atoms with Gasteiger partial charge in [0, 0.05) is 12.0 Å². The van der Waals surface area contributed by atoms with E-state index in [0.717, 1.165) is 0 Å². The molecule has 0 atom stereocenters. The van der Waals surface area contributed by atoms with Gasteiger partial charge < -0.3 is 10.2 Å². The first-order chi connectivity index (χ1) is 8.22. The molecule has 2 N–H and O–H groups in total. The molecule has 0 saturated carbocycles. The molecule has 0 saturated heterocycles. The maximum Gasteiger partial charge on any atom is 0.331 e. The molecule has 0 aliphatic heterocycles. The summed E-state index contributed by atoms with van der Waals surface area (Å²) in [5, 5.41) is 17.9. The fraction of sp³-hybridized carbons (Fsp3) is 0.571. The summed E-state index contributed by atoms with van der Waals surface area (Å²) in [4.78, 5) is 21.9. The van der Waals surface area contributed by atoms with Crippen LogP contribution < -0.4 is 0 Å². The van der Waals surface area contributed by atoms with Gasteiger partial charge >= 0.3 is 11.9 Å². The van der Waals surface area contributed by atoms with Crippen LogP contribution >= 0.6 is 0 Å². The highest BCUT2D eigenvalue weighted by molar-refractivity contribution is 5.87. The number of hydrogen-bond donors (Lipinski definition) is 2. The van der Waals surface area contributed by atoms with Crippen molar-refractivity contribution in [2.24, 2.45) is 11.8 Å². The van der Waals surface area contributed by atoms with E-state index < -0.39 is 11.9 Å². The SMILES string of the molecule is CC(C)C=C(CC(=O)O)CC(=CC(C)C)C(=O)O. The molecular formula is C14H22O4. The molecule has 0 aliphatic carbocycles. The Bertz CT molecular complexity index is 362.